The maximum atomic E-state index is 10.5. The number of hydrogen-bond donors (Lipinski definition) is 1. The molecule has 2 N–H and O–H groups in total. The molecule has 0 aromatic carbocycles. The Hall–Kier alpha value is -0.790. The third kappa shape index (κ3) is 19.2. The van der Waals surface area contributed by atoms with Gasteiger partial charge in [0, 0.05) is 6.42 Å². The van der Waals surface area contributed by atoms with Crippen molar-refractivity contribution < 1.29 is 4.79 Å². The van der Waals surface area contributed by atoms with Crippen LogP contribution >= 0.6 is 0 Å². The molecular weight excluding hydrogens is 258 g/mol. The summed E-state index contributed by atoms with van der Waals surface area (Å²) in [5.41, 5.74) is 5.06. The lowest BCUT2D eigenvalue weighted by Gasteiger charge is -2.02. The first-order chi connectivity index (χ1) is 10.3. The van der Waals surface area contributed by atoms with Gasteiger partial charge in [-0.1, -0.05) is 96.1 Å². The van der Waals surface area contributed by atoms with Gasteiger partial charge in [-0.05, 0) is 12.8 Å². The average Bonchev–Trinajstić information content (AvgIpc) is 2.46. The average molecular weight is 296 g/mol. The van der Waals surface area contributed by atoms with Crippen LogP contribution in [0, 0.1) is 0 Å². The maximum absolute atomic E-state index is 10.5. The molecule has 0 unspecified atom stereocenters. The van der Waals surface area contributed by atoms with Gasteiger partial charge >= 0.3 is 0 Å². The summed E-state index contributed by atoms with van der Waals surface area (Å²) < 4.78 is 0. The molecule has 0 heterocycles. The van der Waals surface area contributed by atoms with Crippen LogP contribution in [0.2, 0.25) is 0 Å². The summed E-state index contributed by atoms with van der Waals surface area (Å²) in [6.07, 6.45) is 23.5. The van der Waals surface area contributed by atoms with Gasteiger partial charge in [-0.25, -0.2) is 0 Å². The number of carbonyl (C=O) groups excluding carboxylic acids is 1. The molecule has 0 rings (SSSR count). The SMILES string of the molecule is CCCCCCCCCCCCCCC/C=C/CC(N)=O. The molecule has 1 amide bonds. The summed E-state index contributed by atoms with van der Waals surface area (Å²) in [5, 5.41) is 0. The number of allylic oxidation sites excluding steroid dienone is 1. The molecule has 0 aliphatic carbocycles. The Morgan fingerprint density at radius 1 is 0.714 bits per heavy atom. The number of hydrogen-bond acceptors (Lipinski definition) is 1. The predicted molar refractivity (Wildman–Crippen MR) is 93.3 cm³/mol. The summed E-state index contributed by atoms with van der Waals surface area (Å²) in [6, 6.07) is 0. The Bertz CT molecular complexity index is 248. The van der Waals surface area contributed by atoms with Gasteiger partial charge in [-0.2, -0.15) is 0 Å². The van der Waals surface area contributed by atoms with Crippen LogP contribution in [0.3, 0.4) is 0 Å². The normalized spacial score (nSPS) is 11.3. The Morgan fingerprint density at radius 2 is 1.14 bits per heavy atom. The van der Waals surface area contributed by atoms with Crippen molar-refractivity contribution in [3.63, 3.8) is 0 Å². The van der Waals surface area contributed by atoms with Crippen LogP contribution in [-0.4, -0.2) is 5.91 Å². The highest BCUT2D eigenvalue weighted by Gasteiger charge is 1.93. The lowest BCUT2D eigenvalue weighted by atomic mass is 10.0. The Morgan fingerprint density at radius 3 is 1.57 bits per heavy atom. The molecule has 124 valence electrons. The van der Waals surface area contributed by atoms with E-state index in [-0.39, 0.29) is 5.91 Å². The van der Waals surface area contributed by atoms with Crippen molar-refractivity contribution in [3.8, 4) is 0 Å². The molecule has 0 bridgehead atoms. The molecule has 2 heteroatoms. The smallest absolute Gasteiger partial charge is 0.221 e. The number of nitrogens with two attached hydrogens (primary N) is 1. The molecule has 0 saturated heterocycles. The molecule has 0 radical (unpaired) electrons. The first kappa shape index (κ1) is 20.2. The number of carbonyl (C=O) groups is 1. The Balaban J connectivity index is 3.02. The van der Waals surface area contributed by atoms with E-state index in [2.05, 4.69) is 13.0 Å². The Kier molecular flexibility index (Phi) is 16.6. The third-order valence-electron chi connectivity index (χ3n) is 3.96. The zero-order chi connectivity index (χ0) is 15.6. The van der Waals surface area contributed by atoms with Gasteiger partial charge in [0.15, 0.2) is 0 Å². The van der Waals surface area contributed by atoms with Crippen molar-refractivity contribution in [3.05, 3.63) is 12.2 Å². The summed E-state index contributed by atoms with van der Waals surface area (Å²) >= 11 is 0. The number of amides is 1. The molecule has 2 nitrogen and oxygen atoms in total. The summed E-state index contributed by atoms with van der Waals surface area (Å²) in [7, 11) is 0. The monoisotopic (exact) mass is 295 g/mol. The van der Waals surface area contributed by atoms with E-state index in [4.69, 9.17) is 5.73 Å². The van der Waals surface area contributed by atoms with Crippen LogP contribution in [0.5, 0.6) is 0 Å². The zero-order valence-electron chi connectivity index (χ0n) is 14.2. The molecule has 0 atom stereocenters. The first-order valence-electron chi connectivity index (χ1n) is 9.20. The molecule has 0 fully saturated rings. The quantitative estimate of drug-likeness (QED) is 0.279. The van der Waals surface area contributed by atoms with Crippen LogP contribution in [0.1, 0.15) is 103 Å². The number of rotatable bonds is 16. The van der Waals surface area contributed by atoms with Crippen LogP contribution < -0.4 is 5.73 Å². The van der Waals surface area contributed by atoms with Crippen molar-refractivity contribution in [2.75, 3.05) is 0 Å². The van der Waals surface area contributed by atoms with Gasteiger partial charge in [0.1, 0.15) is 0 Å². The second-order valence-electron chi connectivity index (χ2n) is 6.17. The maximum Gasteiger partial charge on any atom is 0.221 e. The van der Waals surface area contributed by atoms with Gasteiger partial charge in [0.25, 0.3) is 0 Å². The molecular formula is C19H37NO. The molecule has 0 saturated carbocycles. The van der Waals surface area contributed by atoms with Crippen molar-refractivity contribution in [2.45, 2.75) is 103 Å². The fourth-order valence-corrected chi connectivity index (χ4v) is 2.60. The van der Waals surface area contributed by atoms with Crippen LogP contribution in [0.4, 0.5) is 0 Å². The highest BCUT2D eigenvalue weighted by Crippen LogP contribution is 2.12. The molecule has 0 aromatic rings. The number of primary amides is 1. The van der Waals surface area contributed by atoms with Crippen LogP contribution in [0.25, 0.3) is 0 Å². The largest absolute Gasteiger partial charge is 0.369 e. The van der Waals surface area contributed by atoms with E-state index in [1.165, 1.54) is 83.5 Å². The fraction of sp³-hybridized carbons (Fsp3) is 0.842. The van der Waals surface area contributed by atoms with E-state index >= 15 is 0 Å². The van der Waals surface area contributed by atoms with E-state index in [1.54, 1.807) is 0 Å². The highest BCUT2D eigenvalue weighted by atomic mass is 16.1. The second kappa shape index (κ2) is 17.3. The third-order valence-corrected chi connectivity index (χ3v) is 3.96. The highest BCUT2D eigenvalue weighted by molar-refractivity contribution is 5.75. The summed E-state index contributed by atoms with van der Waals surface area (Å²) in [6.45, 7) is 2.28. The van der Waals surface area contributed by atoms with Crippen LogP contribution in [-0.2, 0) is 4.79 Å². The van der Waals surface area contributed by atoms with Gasteiger partial charge < -0.3 is 5.73 Å². The minimum atomic E-state index is -0.239. The van der Waals surface area contributed by atoms with Crippen molar-refractivity contribution >= 4 is 5.91 Å². The van der Waals surface area contributed by atoms with Gasteiger partial charge in [-0.15, -0.1) is 0 Å². The van der Waals surface area contributed by atoms with Gasteiger partial charge in [0.05, 0.1) is 0 Å². The fourth-order valence-electron chi connectivity index (χ4n) is 2.60. The Labute approximate surface area is 132 Å². The van der Waals surface area contributed by atoms with E-state index < -0.39 is 0 Å². The lowest BCUT2D eigenvalue weighted by molar-refractivity contribution is -0.117. The number of unbranched alkanes of at least 4 members (excludes halogenated alkanes) is 13. The standard InChI is InChI=1S/C19H37NO/c1-2-3-4-5-6-7-8-9-10-11-12-13-14-15-16-17-18-19(20)21/h16-17H,2-15,18H2,1H3,(H2,20,21)/b17-16+. The second-order valence-corrected chi connectivity index (χ2v) is 6.17. The minimum absolute atomic E-state index is 0.239. The van der Waals surface area contributed by atoms with Crippen molar-refractivity contribution in [1.29, 1.82) is 0 Å². The lowest BCUT2D eigenvalue weighted by Crippen LogP contribution is -2.07. The minimum Gasteiger partial charge on any atom is -0.369 e. The zero-order valence-corrected chi connectivity index (χ0v) is 14.2. The summed E-state index contributed by atoms with van der Waals surface area (Å²) in [5.74, 6) is -0.239. The topological polar surface area (TPSA) is 43.1 Å². The summed E-state index contributed by atoms with van der Waals surface area (Å²) in [4.78, 5) is 10.5. The van der Waals surface area contributed by atoms with Crippen LogP contribution in [0.15, 0.2) is 12.2 Å². The molecule has 0 aliphatic rings. The van der Waals surface area contributed by atoms with E-state index in [9.17, 15) is 4.79 Å². The van der Waals surface area contributed by atoms with Crippen molar-refractivity contribution in [1.82, 2.24) is 0 Å². The first-order valence-corrected chi connectivity index (χ1v) is 9.20. The van der Waals surface area contributed by atoms with E-state index in [0.29, 0.717) is 6.42 Å². The predicted octanol–water partition coefficient (Wildman–Crippen LogP) is 5.90. The molecule has 0 spiro atoms. The van der Waals surface area contributed by atoms with Crippen molar-refractivity contribution in [2.24, 2.45) is 5.73 Å². The van der Waals surface area contributed by atoms with Gasteiger partial charge in [0.2, 0.25) is 5.91 Å². The van der Waals surface area contributed by atoms with Gasteiger partial charge in [-0.3, -0.25) is 4.79 Å². The molecule has 21 heavy (non-hydrogen) atoms. The molecule has 0 aliphatic heterocycles. The van der Waals surface area contributed by atoms with E-state index in [0.717, 1.165) is 6.42 Å². The molecule has 0 aromatic heterocycles. The van der Waals surface area contributed by atoms with E-state index in [1.807, 2.05) is 6.08 Å².